The van der Waals surface area contributed by atoms with Gasteiger partial charge < -0.3 is 2.85 Å². The minimum absolute atomic E-state index is 0. The van der Waals surface area contributed by atoms with E-state index in [1.807, 2.05) is 0 Å². The van der Waals surface area contributed by atoms with Crippen LogP contribution in [0.15, 0.2) is 0 Å². The maximum atomic E-state index is 7.81. The molecule has 0 aromatic rings. The van der Waals surface area contributed by atoms with Crippen LogP contribution in [0.3, 0.4) is 0 Å². The molecule has 0 bridgehead atoms. The van der Waals surface area contributed by atoms with E-state index in [4.69, 9.17) is 3.83 Å². The van der Waals surface area contributed by atoms with Crippen molar-refractivity contribution in [3.63, 3.8) is 0 Å². The van der Waals surface area contributed by atoms with Crippen LogP contribution in [0.5, 0.6) is 0 Å². The summed E-state index contributed by atoms with van der Waals surface area (Å²) in [7, 11) is 0. The number of hydrogen-bond donors (Lipinski definition) is 0. The summed E-state index contributed by atoms with van der Waals surface area (Å²) in [6, 6.07) is 0. The molecule has 0 saturated heterocycles. The predicted octanol–water partition coefficient (Wildman–Crippen LogP) is -0.280. The standard InChI is InChI=1S/Ba.Cu.Ir.O.2H/q+2;;;;2*-1. The SMILES string of the molecule is [Ba+2].[H-].[H-].[Ir].[O]=[Cu]. The second-order valence-corrected chi connectivity index (χ2v) is 0. The van der Waals surface area contributed by atoms with Gasteiger partial charge in [0.05, 0.1) is 0 Å². The average Bonchev–Trinajstić information content (AvgIpc) is 1.00. The zero-order valence-electron chi connectivity index (χ0n) is 3.75. The van der Waals surface area contributed by atoms with Crippen LogP contribution in [0.4, 0.5) is 0 Å². The van der Waals surface area contributed by atoms with E-state index in [0.29, 0.717) is 0 Å². The third kappa shape index (κ3) is 8.82. The summed E-state index contributed by atoms with van der Waals surface area (Å²) >= 11 is 2.94. The Bertz CT molecular complexity index is 13.5. The van der Waals surface area contributed by atoms with E-state index < -0.39 is 0 Å². The Hall–Kier alpha value is 2.54. The molecule has 1 nitrogen and oxygen atoms in total. The first kappa shape index (κ1) is 16.0. The molecule has 0 saturated carbocycles. The van der Waals surface area contributed by atoms with E-state index in [1.54, 1.807) is 0 Å². The molecule has 0 N–H and O–H groups in total. The molecule has 0 rings (SSSR count). The molecule has 30 valence electrons. The monoisotopic (exact) mass is 412 g/mol. The zero-order valence-corrected chi connectivity index (χ0v) is 9.53. The molecule has 0 spiro atoms. The fraction of sp³-hybridized carbons (Fsp3) is 0. The Morgan fingerprint density at radius 3 is 1.50 bits per heavy atom. The van der Waals surface area contributed by atoms with Crippen LogP contribution >= 0.6 is 0 Å². The molecule has 4 heteroatoms. The van der Waals surface area contributed by atoms with Gasteiger partial charge in [-0.15, -0.1) is 0 Å². The van der Waals surface area contributed by atoms with Gasteiger partial charge in [0.15, 0.2) is 0 Å². The van der Waals surface area contributed by atoms with Crippen molar-refractivity contribution >= 4 is 48.9 Å². The quantitative estimate of drug-likeness (QED) is 0.502. The average molecular weight is 411 g/mol. The van der Waals surface area contributed by atoms with Gasteiger partial charge >= 0.3 is 68.7 Å². The summed E-state index contributed by atoms with van der Waals surface area (Å²) < 4.78 is 7.81. The predicted molar refractivity (Wildman–Crippen MR) is 8.66 cm³/mol. The van der Waals surface area contributed by atoms with Crippen LogP contribution in [0.2, 0.25) is 0 Å². The number of rotatable bonds is 0. The Morgan fingerprint density at radius 1 is 1.50 bits per heavy atom. The van der Waals surface area contributed by atoms with Crippen LogP contribution in [-0.2, 0) is 39.9 Å². The minimum atomic E-state index is 0. The molecule has 0 unspecified atom stereocenters. The normalized spacial score (nSPS) is 1.50. The van der Waals surface area contributed by atoms with Crippen molar-refractivity contribution in [1.29, 1.82) is 0 Å². The van der Waals surface area contributed by atoms with Gasteiger partial charge in [0.2, 0.25) is 0 Å². The molecular formula is H2BaCuIrO. The fourth-order valence-electron chi connectivity index (χ4n) is 0. The van der Waals surface area contributed by atoms with Crippen molar-refractivity contribution in [2.24, 2.45) is 0 Å². The van der Waals surface area contributed by atoms with Gasteiger partial charge in [-0.3, -0.25) is 0 Å². The molecule has 0 aromatic heterocycles. The van der Waals surface area contributed by atoms with Crippen molar-refractivity contribution in [3.8, 4) is 0 Å². The van der Waals surface area contributed by atoms with E-state index in [9.17, 15) is 0 Å². The van der Waals surface area contributed by atoms with Crippen molar-refractivity contribution in [2.45, 2.75) is 0 Å². The summed E-state index contributed by atoms with van der Waals surface area (Å²) in [6.07, 6.45) is 0. The van der Waals surface area contributed by atoms with E-state index >= 15 is 0 Å². The van der Waals surface area contributed by atoms with Gasteiger partial charge in [-0.2, -0.15) is 0 Å². The van der Waals surface area contributed by atoms with Gasteiger partial charge in [-0.25, -0.2) is 0 Å². The molecule has 0 aliphatic heterocycles. The van der Waals surface area contributed by atoms with Crippen molar-refractivity contribution < 1.29 is 42.7 Å². The van der Waals surface area contributed by atoms with Crippen LogP contribution < -0.4 is 0 Å². The van der Waals surface area contributed by atoms with Crippen LogP contribution in [0.1, 0.15) is 2.85 Å². The summed E-state index contributed by atoms with van der Waals surface area (Å²) in [6.45, 7) is 0. The molecule has 0 amide bonds. The molecule has 0 aliphatic rings. The number of hydrogen-bond acceptors (Lipinski definition) is 1. The molecule has 0 fully saturated rings. The second kappa shape index (κ2) is 17.7. The fourth-order valence-corrected chi connectivity index (χ4v) is 0. The molecular weight excluding hydrogens is 409 g/mol. The summed E-state index contributed by atoms with van der Waals surface area (Å²) in [4.78, 5) is 0. The summed E-state index contributed by atoms with van der Waals surface area (Å²) in [5.41, 5.74) is 0. The van der Waals surface area contributed by atoms with E-state index in [0.717, 1.165) is 0 Å². The Kier molecular flexibility index (Phi) is 70.9. The van der Waals surface area contributed by atoms with Gasteiger partial charge in [0.1, 0.15) is 0 Å². The molecule has 4 heavy (non-hydrogen) atoms. The zero-order chi connectivity index (χ0) is 2.00. The van der Waals surface area contributed by atoms with Crippen LogP contribution in [0, 0.1) is 0 Å². The van der Waals surface area contributed by atoms with E-state index in [2.05, 4.69) is 15.9 Å². The van der Waals surface area contributed by atoms with Crippen molar-refractivity contribution in [1.82, 2.24) is 0 Å². The summed E-state index contributed by atoms with van der Waals surface area (Å²) in [5.74, 6) is 0. The summed E-state index contributed by atoms with van der Waals surface area (Å²) in [5, 5.41) is 0. The van der Waals surface area contributed by atoms with E-state index in [1.165, 1.54) is 0 Å². The molecule has 0 aliphatic carbocycles. The van der Waals surface area contributed by atoms with Gasteiger partial charge in [0.25, 0.3) is 0 Å². The van der Waals surface area contributed by atoms with E-state index in [-0.39, 0.29) is 71.8 Å². The van der Waals surface area contributed by atoms with Crippen molar-refractivity contribution in [2.75, 3.05) is 0 Å². The second-order valence-electron chi connectivity index (χ2n) is 0. The maximum absolute atomic E-state index is 7.81. The molecule has 1 radical (unpaired) electrons. The van der Waals surface area contributed by atoms with Gasteiger partial charge in [-0.1, -0.05) is 0 Å². The van der Waals surface area contributed by atoms with Crippen molar-refractivity contribution in [3.05, 3.63) is 0 Å². The topological polar surface area (TPSA) is 17.1 Å². The first-order chi connectivity index (χ1) is 1.00. The Balaban J connectivity index is -0.000000000833. The first-order valence-electron chi connectivity index (χ1n) is 0.123. The van der Waals surface area contributed by atoms with Crippen LogP contribution in [0.25, 0.3) is 0 Å². The molecule has 0 atom stereocenters. The van der Waals surface area contributed by atoms with Gasteiger partial charge in [0, 0.05) is 20.1 Å². The van der Waals surface area contributed by atoms with Gasteiger partial charge in [-0.05, 0) is 0 Å². The third-order valence-electron chi connectivity index (χ3n) is 0. The molecule has 0 aromatic carbocycles. The Labute approximate surface area is 89.7 Å². The molecule has 0 heterocycles. The van der Waals surface area contributed by atoms with Crippen LogP contribution in [-0.4, -0.2) is 48.9 Å². The Morgan fingerprint density at radius 2 is 1.50 bits per heavy atom. The first-order valence-corrected chi connectivity index (χ1v) is 0.508. The third-order valence-corrected chi connectivity index (χ3v) is 0.